The minimum absolute atomic E-state index is 0.888. The molecule has 4 heteroatoms. The van der Waals surface area contributed by atoms with Gasteiger partial charge in [0.15, 0.2) is 0 Å². The lowest BCUT2D eigenvalue weighted by atomic mass is 10.2. The van der Waals surface area contributed by atoms with Gasteiger partial charge in [-0.1, -0.05) is 31.5 Å². The summed E-state index contributed by atoms with van der Waals surface area (Å²) in [6, 6.07) is 16.7. The maximum absolute atomic E-state index is 5.76. The first-order chi connectivity index (χ1) is 11.3. The molecule has 2 aromatic rings. The average Bonchev–Trinajstić information content (AvgIpc) is 2.64. The Kier molecular flexibility index (Phi) is 7.30. The highest BCUT2D eigenvalue weighted by Crippen LogP contribution is 2.26. The lowest BCUT2D eigenvalue weighted by Gasteiger charge is -2.29. The third-order valence-corrected chi connectivity index (χ3v) is 4.31. The molecule has 124 valence electrons. The number of nitrogens with zero attached hydrogens (tertiary/aromatic N) is 1. The van der Waals surface area contributed by atoms with Crippen molar-refractivity contribution in [3.05, 3.63) is 54.1 Å². The molecule has 0 aromatic heterocycles. The molecule has 3 rings (SSSR count). The van der Waals surface area contributed by atoms with Crippen molar-refractivity contribution in [1.82, 2.24) is 5.32 Å². The first-order valence-corrected chi connectivity index (χ1v) is 9.02. The summed E-state index contributed by atoms with van der Waals surface area (Å²) in [5.41, 5.74) is 2.53. The van der Waals surface area contributed by atoms with Gasteiger partial charge in [0.1, 0.15) is 5.75 Å². The molecule has 1 heterocycles. The van der Waals surface area contributed by atoms with E-state index in [1.165, 1.54) is 23.3 Å². The van der Waals surface area contributed by atoms with E-state index in [2.05, 4.69) is 53.5 Å². The summed E-state index contributed by atoms with van der Waals surface area (Å²) in [5.74, 6) is 0.888. The molecule has 1 aliphatic heterocycles. The van der Waals surface area contributed by atoms with E-state index in [-0.39, 0.29) is 0 Å². The molecule has 23 heavy (non-hydrogen) atoms. The predicted octanol–water partition coefficient (Wildman–Crippen LogP) is 4.52. The highest BCUT2D eigenvalue weighted by Gasteiger charge is 2.10. The van der Waals surface area contributed by atoms with Crippen molar-refractivity contribution in [3.8, 4) is 5.75 Å². The lowest BCUT2D eigenvalue weighted by molar-refractivity contribution is 0.588. The molecule has 0 unspecified atom stereocenters. The molecule has 0 saturated carbocycles. The van der Waals surface area contributed by atoms with E-state index in [9.17, 15) is 0 Å². The van der Waals surface area contributed by atoms with E-state index < -0.39 is 0 Å². The van der Waals surface area contributed by atoms with Crippen molar-refractivity contribution in [2.24, 2.45) is 0 Å². The number of nitrogens with one attached hydrogen (secondary N) is 1. The summed E-state index contributed by atoms with van der Waals surface area (Å²) in [7, 11) is 0. The van der Waals surface area contributed by atoms with Crippen LogP contribution >= 0.6 is 12.0 Å². The molecule has 2 aromatic carbocycles. The normalized spacial score (nSPS) is 14.0. The second-order valence-corrected chi connectivity index (χ2v) is 6.02. The maximum atomic E-state index is 5.76. The molecule has 0 amide bonds. The van der Waals surface area contributed by atoms with Crippen LogP contribution in [0.25, 0.3) is 0 Å². The first-order valence-electron chi connectivity index (χ1n) is 8.28. The van der Waals surface area contributed by atoms with Crippen LogP contribution in [0.4, 0.5) is 5.69 Å². The van der Waals surface area contributed by atoms with E-state index in [1.54, 1.807) is 0 Å². The van der Waals surface area contributed by atoms with Crippen molar-refractivity contribution >= 4 is 17.7 Å². The van der Waals surface area contributed by atoms with Crippen LogP contribution in [0.5, 0.6) is 5.75 Å². The average molecular weight is 330 g/mol. The van der Waals surface area contributed by atoms with Crippen molar-refractivity contribution in [2.75, 3.05) is 31.1 Å². The third-order valence-electron chi connectivity index (χ3n) is 3.57. The number of piperazine rings is 1. The maximum Gasteiger partial charge on any atom is 0.138 e. The SMILES string of the molecule is CC.Cc1ccc(SOc2ccc(N3CCNCC3)cc2)cc1. The molecule has 0 aliphatic carbocycles. The Morgan fingerprint density at radius 1 is 0.913 bits per heavy atom. The van der Waals surface area contributed by atoms with Crippen LogP contribution in [0.3, 0.4) is 0 Å². The van der Waals surface area contributed by atoms with Gasteiger partial charge >= 0.3 is 0 Å². The van der Waals surface area contributed by atoms with E-state index in [0.717, 1.165) is 36.8 Å². The zero-order valence-corrected chi connectivity index (χ0v) is 15.0. The molecule has 1 aliphatic rings. The Labute approximate surface area is 144 Å². The molecule has 0 spiro atoms. The zero-order chi connectivity index (χ0) is 16.5. The Bertz CT molecular complexity index is 563. The molecule has 1 fully saturated rings. The number of anilines is 1. The molecular weight excluding hydrogens is 304 g/mol. The topological polar surface area (TPSA) is 24.5 Å². The summed E-state index contributed by atoms with van der Waals surface area (Å²) in [6.07, 6.45) is 0. The van der Waals surface area contributed by atoms with Gasteiger partial charge in [-0.25, -0.2) is 0 Å². The summed E-state index contributed by atoms with van der Waals surface area (Å²) in [6.45, 7) is 10.3. The summed E-state index contributed by atoms with van der Waals surface area (Å²) in [4.78, 5) is 3.51. The lowest BCUT2D eigenvalue weighted by Crippen LogP contribution is -2.43. The fraction of sp³-hybridized carbons (Fsp3) is 0.368. The number of hydrogen-bond acceptors (Lipinski definition) is 4. The van der Waals surface area contributed by atoms with Crippen LogP contribution in [0.15, 0.2) is 53.4 Å². The van der Waals surface area contributed by atoms with Gasteiger partial charge in [-0.15, -0.1) is 0 Å². The number of hydrogen-bond donors (Lipinski definition) is 1. The van der Waals surface area contributed by atoms with Gasteiger partial charge < -0.3 is 14.4 Å². The second kappa shape index (κ2) is 9.48. The molecule has 0 atom stereocenters. The molecular formula is C19H26N2OS. The Morgan fingerprint density at radius 3 is 2.13 bits per heavy atom. The van der Waals surface area contributed by atoms with Crippen LogP contribution in [0, 0.1) is 6.92 Å². The van der Waals surface area contributed by atoms with Crippen molar-refractivity contribution < 1.29 is 4.18 Å². The summed E-state index contributed by atoms with van der Waals surface area (Å²) < 4.78 is 5.76. The van der Waals surface area contributed by atoms with Crippen molar-refractivity contribution in [2.45, 2.75) is 25.7 Å². The smallest absolute Gasteiger partial charge is 0.138 e. The summed E-state index contributed by atoms with van der Waals surface area (Å²) >= 11 is 1.40. The van der Waals surface area contributed by atoms with Gasteiger partial charge in [-0.05, 0) is 43.3 Å². The van der Waals surface area contributed by atoms with Gasteiger partial charge in [0.05, 0.1) is 12.0 Å². The largest absolute Gasteiger partial charge is 0.421 e. The predicted molar refractivity (Wildman–Crippen MR) is 101 cm³/mol. The van der Waals surface area contributed by atoms with Gasteiger partial charge in [0.25, 0.3) is 0 Å². The minimum Gasteiger partial charge on any atom is -0.421 e. The van der Waals surface area contributed by atoms with Crippen LogP contribution in [-0.2, 0) is 0 Å². The first kappa shape index (κ1) is 17.7. The van der Waals surface area contributed by atoms with Crippen molar-refractivity contribution in [1.29, 1.82) is 0 Å². The van der Waals surface area contributed by atoms with Gasteiger partial charge in [-0.2, -0.15) is 0 Å². The van der Waals surface area contributed by atoms with E-state index in [1.807, 2.05) is 26.0 Å². The molecule has 1 N–H and O–H groups in total. The number of benzene rings is 2. The molecule has 0 bridgehead atoms. The second-order valence-electron chi connectivity index (χ2n) is 5.21. The van der Waals surface area contributed by atoms with Crippen LogP contribution < -0.4 is 14.4 Å². The Balaban J connectivity index is 0.000000924. The molecule has 0 radical (unpaired) electrons. The Morgan fingerprint density at radius 2 is 1.52 bits per heavy atom. The third kappa shape index (κ3) is 5.48. The standard InChI is InChI=1S/C17H20N2OS.C2H6/c1-14-2-8-17(9-3-14)21-20-16-6-4-15(5-7-16)19-12-10-18-11-13-19;1-2/h2-9,18H,10-13H2,1H3;1-2H3. The van der Waals surface area contributed by atoms with Crippen LogP contribution in [-0.4, -0.2) is 26.2 Å². The Hall–Kier alpha value is -1.65. The van der Waals surface area contributed by atoms with Gasteiger partial charge in [0, 0.05) is 36.8 Å². The molecule has 1 saturated heterocycles. The minimum atomic E-state index is 0.888. The van der Waals surface area contributed by atoms with Gasteiger partial charge in [-0.3, -0.25) is 0 Å². The number of rotatable bonds is 4. The summed E-state index contributed by atoms with van der Waals surface area (Å²) in [5, 5.41) is 3.37. The molecule has 3 nitrogen and oxygen atoms in total. The quantitative estimate of drug-likeness (QED) is 0.833. The van der Waals surface area contributed by atoms with E-state index in [4.69, 9.17) is 4.18 Å². The highest BCUT2D eigenvalue weighted by atomic mass is 32.2. The van der Waals surface area contributed by atoms with E-state index in [0.29, 0.717) is 0 Å². The van der Waals surface area contributed by atoms with E-state index >= 15 is 0 Å². The van der Waals surface area contributed by atoms with Crippen molar-refractivity contribution in [3.63, 3.8) is 0 Å². The highest BCUT2D eigenvalue weighted by molar-refractivity contribution is 7.95. The van der Waals surface area contributed by atoms with Gasteiger partial charge in [0.2, 0.25) is 0 Å². The number of aryl methyl sites for hydroxylation is 1. The zero-order valence-electron chi connectivity index (χ0n) is 14.2. The van der Waals surface area contributed by atoms with Crippen LogP contribution in [0.1, 0.15) is 19.4 Å². The fourth-order valence-corrected chi connectivity index (χ4v) is 2.88. The van der Waals surface area contributed by atoms with Crippen LogP contribution in [0.2, 0.25) is 0 Å². The fourth-order valence-electron chi connectivity index (χ4n) is 2.33. The monoisotopic (exact) mass is 330 g/mol.